The number of likely N-dealkylation sites (tertiary alicyclic amines) is 1. The van der Waals surface area contributed by atoms with Crippen molar-refractivity contribution in [2.24, 2.45) is 7.05 Å². The molecule has 0 atom stereocenters. The molecule has 14 heteroatoms. The van der Waals surface area contributed by atoms with Gasteiger partial charge in [-0.15, -0.1) is 0 Å². The number of alkyl carbamates (subject to hydrolysis) is 1. The Bertz CT molecular complexity index is 2510. The van der Waals surface area contributed by atoms with E-state index in [4.69, 9.17) is 20.8 Å². The molecule has 1 aliphatic heterocycles. The van der Waals surface area contributed by atoms with Crippen molar-refractivity contribution in [3.05, 3.63) is 130 Å². The number of oxazole rings is 1. The van der Waals surface area contributed by atoms with Crippen LogP contribution in [0.1, 0.15) is 29.5 Å². The number of rotatable bonds is 10. The number of amides is 1. The lowest BCUT2D eigenvalue weighted by Crippen LogP contribution is -2.47. The molecule has 54 heavy (non-hydrogen) atoms. The van der Waals surface area contributed by atoms with Gasteiger partial charge in [-0.05, 0) is 47.7 Å². The predicted octanol–water partition coefficient (Wildman–Crippen LogP) is 6.11. The maximum Gasteiger partial charge on any atom is 0.407 e. The summed E-state index contributed by atoms with van der Waals surface area (Å²) in [7, 11) is 1.77. The lowest BCUT2D eigenvalue weighted by molar-refractivity contribution is -0.0364. The van der Waals surface area contributed by atoms with Gasteiger partial charge in [0.05, 0.1) is 35.9 Å². The number of aryl methyl sites for hydroxylation is 1. The highest BCUT2D eigenvalue weighted by Crippen LogP contribution is 2.30. The maximum atomic E-state index is 13.6. The van der Waals surface area contributed by atoms with E-state index in [0.717, 1.165) is 38.7 Å². The van der Waals surface area contributed by atoms with Crippen molar-refractivity contribution < 1.29 is 19.1 Å². The van der Waals surface area contributed by atoms with Crippen LogP contribution in [0.2, 0.25) is 5.02 Å². The Morgan fingerprint density at radius 1 is 0.981 bits per heavy atom. The largest absolute Gasteiger partial charge is 0.445 e. The van der Waals surface area contributed by atoms with E-state index in [1.54, 1.807) is 24.1 Å². The molecular weight excluding hydrogens is 708 g/mol. The highest BCUT2D eigenvalue weighted by Gasteiger charge is 2.34. The molecule has 13 nitrogen and oxygen atoms in total. The van der Waals surface area contributed by atoms with Crippen LogP contribution >= 0.6 is 11.6 Å². The van der Waals surface area contributed by atoms with Crippen molar-refractivity contribution in [2.75, 3.05) is 13.1 Å². The van der Waals surface area contributed by atoms with Crippen molar-refractivity contribution in [3.63, 3.8) is 0 Å². The second-order valence-electron chi connectivity index (χ2n) is 13.7. The van der Waals surface area contributed by atoms with Crippen LogP contribution in [-0.2, 0) is 38.0 Å². The molecule has 1 amide bonds. The molecule has 0 saturated carbocycles. The van der Waals surface area contributed by atoms with Gasteiger partial charge < -0.3 is 19.6 Å². The van der Waals surface area contributed by atoms with Gasteiger partial charge in [0, 0.05) is 61.0 Å². The molecule has 1 fully saturated rings. The monoisotopic (exact) mass is 744 g/mol. The first kappa shape index (κ1) is 35.2. The summed E-state index contributed by atoms with van der Waals surface area (Å²) >= 11 is 6.60. The molecule has 0 bridgehead atoms. The number of piperidine rings is 1. The number of para-hydroxylation sites is 1. The first-order chi connectivity index (χ1) is 26.2. The highest BCUT2D eigenvalue weighted by atomic mass is 35.5. The Hall–Kier alpha value is -5.89. The molecule has 4 aromatic heterocycles. The number of carbonyl (C=O) groups is 1. The number of hydrogen-bond donors (Lipinski definition) is 2. The second kappa shape index (κ2) is 14.9. The number of pyridine rings is 1. The topological polar surface area (TPSA) is 153 Å². The summed E-state index contributed by atoms with van der Waals surface area (Å²) in [5.74, 6) is 0.655. The quantitative estimate of drug-likeness (QED) is 0.168. The predicted molar refractivity (Wildman–Crippen MR) is 203 cm³/mol. The van der Waals surface area contributed by atoms with Gasteiger partial charge in [-0.3, -0.25) is 23.9 Å². The Balaban J connectivity index is 0.868. The van der Waals surface area contributed by atoms with Crippen molar-refractivity contribution in [3.8, 4) is 22.6 Å². The van der Waals surface area contributed by atoms with Crippen LogP contribution in [0, 0.1) is 0 Å². The molecule has 0 radical (unpaired) electrons. The Labute approximate surface area is 314 Å². The molecule has 1 aliphatic rings. The lowest BCUT2D eigenvalue weighted by Gasteiger charge is -2.38. The number of hydrogen-bond acceptors (Lipinski definition) is 10. The van der Waals surface area contributed by atoms with E-state index in [-0.39, 0.29) is 24.2 Å². The molecule has 7 aromatic rings. The second-order valence-corrected chi connectivity index (χ2v) is 14.1. The molecule has 1 saturated heterocycles. The molecule has 0 spiro atoms. The highest BCUT2D eigenvalue weighted by molar-refractivity contribution is 6.31. The van der Waals surface area contributed by atoms with Crippen LogP contribution in [0.3, 0.4) is 0 Å². The number of nitrogens with zero attached hydrogens (tertiary/aromatic N) is 7. The maximum absolute atomic E-state index is 13.6. The van der Waals surface area contributed by atoms with Crippen LogP contribution in [0.25, 0.3) is 44.5 Å². The normalized spacial score (nSPS) is 14.4. The van der Waals surface area contributed by atoms with E-state index in [9.17, 15) is 14.7 Å². The fourth-order valence-electron chi connectivity index (χ4n) is 6.91. The zero-order valence-corrected chi connectivity index (χ0v) is 30.2. The van der Waals surface area contributed by atoms with Crippen LogP contribution in [0.5, 0.6) is 0 Å². The number of ether oxygens (including phenoxy) is 1. The lowest BCUT2D eigenvalue weighted by atomic mass is 9.91. The number of benzene rings is 3. The van der Waals surface area contributed by atoms with Crippen LogP contribution in [0.4, 0.5) is 4.79 Å². The number of halogens is 1. The number of fused-ring (bicyclic) bond motifs is 2. The standard InChI is InChI=1S/C40H37ClN8O5/c1-47-37(28-8-6-26(7-9-28)22-53-39(51)44-19-27-16-29-4-2-3-5-33(29)43-18-27)35-36(46-47)38(50)49(24-45-35)23-40(52)12-14-48(15-13-40)21-31-11-10-30(17-32(31)41)34-20-42-25-54-34/h2-11,16-18,20,24-25,52H,12-15,19,21-23H2,1H3,(H,44,51). The van der Waals surface area contributed by atoms with Crippen LogP contribution in [-0.4, -0.2) is 64.1 Å². The Morgan fingerprint density at radius 2 is 1.78 bits per heavy atom. The van der Waals surface area contributed by atoms with Gasteiger partial charge in [0.2, 0.25) is 0 Å². The van der Waals surface area contributed by atoms with E-state index in [2.05, 4.69) is 30.3 Å². The first-order valence-electron chi connectivity index (χ1n) is 17.6. The summed E-state index contributed by atoms with van der Waals surface area (Å²) in [5.41, 5.74) is 5.22. The van der Waals surface area contributed by atoms with E-state index in [1.165, 1.54) is 17.3 Å². The third-order valence-electron chi connectivity index (χ3n) is 9.91. The van der Waals surface area contributed by atoms with Gasteiger partial charge in [0.15, 0.2) is 17.7 Å². The van der Waals surface area contributed by atoms with E-state index in [1.807, 2.05) is 72.8 Å². The molecule has 0 aliphatic carbocycles. The van der Waals surface area contributed by atoms with E-state index >= 15 is 0 Å². The minimum absolute atomic E-state index is 0.0866. The number of carbonyl (C=O) groups excluding carboxylic acids is 1. The summed E-state index contributed by atoms with van der Waals surface area (Å²) in [6.07, 6.45) is 6.71. The Morgan fingerprint density at radius 3 is 2.56 bits per heavy atom. The van der Waals surface area contributed by atoms with Crippen molar-refractivity contribution in [1.82, 2.24) is 39.5 Å². The zero-order chi connectivity index (χ0) is 37.2. The SMILES string of the molecule is Cn1nc2c(=O)n(CC3(O)CCN(Cc4ccc(-c5cnco5)cc4Cl)CC3)cnc2c1-c1ccc(COC(=O)NCc2cnc3ccccc3c2)cc1. The van der Waals surface area contributed by atoms with Gasteiger partial charge in [-0.25, -0.2) is 14.8 Å². The molecule has 8 rings (SSSR count). The summed E-state index contributed by atoms with van der Waals surface area (Å²) in [5, 5.41) is 20.5. The molecule has 0 unspecified atom stereocenters. The van der Waals surface area contributed by atoms with E-state index < -0.39 is 11.7 Å². The minimum Gasteiger partial charge on any atom is -0.445 e. The van der Waals surface area contributed by atoms with Crippen molar-refractivity contribution in [1.29, 1.82) is 0 Å². The average Bonchev–Trinajstić information content (AvgIpc) is 3.85. The summed E-state index contributed by atoms with van der Waals surface area (Å²) < 4.78 is 13.9. The van der Waals surface area contributed by atoms with Gasteiger partial charge in [0.25, 0.3) is 5.56 Å². The summed E-state index contributed by atoms with van der Waals surface area (Å²) in [6, 6.07) is 23.1. The van der Waals surface area contributed by atoms with Gasteiger partial charge in [0.1, 0.15) is 12.1 Å². The molecular formula is C40H37ClN8O5. The van der Waals surface area contributed by atoms with Gasteiger partial charge in [-0.1, -0.05) is 66.2 Å². The van der Waals surface area contributed by atoms with Crippen LogP contribution in [0.15, 0.2) is 107 Å². The third kappa shape index (κ3) is 7.47. The average molecular weight is 745 g/mol. The molecule has 2 N–H and O–H groups in total. The fourth-order valence-corrected chi connectivity index (χ4v) is 7.15. The minimum atomic E-state index is -1.07. The summed E-state index contributed by atoms with van der Waals surface area (Å²) in [6.45, 7) is 2.43. The molecule has 5 heterocycles. The van der Waals surface area contributed by atoms with Gasteiger partial charge >= 0.3 is 6.09 Å². The number of aromatic nitrogens is 6. The molecule has 3 aromatic carbocycles. The number of nitrogens with one attached hydrogen (secondary N) is 1. The Kier molecular flexibility index (Phi) is 9.67. The fraction of sp³-hybridized carbons (Fsp3) is 0.250. The van der Waals surface area contributed by atoms with Crippen molar-refractivity contribution in [2.45, 2.75) is 44.7 Å². The van der Waals surface area contributed by atoms with Crippen molar-refractivity contribution >= 4 is 39.6 Å². The zero-order valence-electron chi connectivity index (χ0n) is 29.5. The smallest absolute Gasteiger partial charge is 0.407 e. The summed E-state index contributed by atoms with van der Waals surface area (Å²) in [4.78, 5) is 41.3. The van der Waals surface area contributed by atoms with Crippen LogP contribution < -0.4 is 10.9 Å². The first-order valence-corrected chi connectivity index (χ1v) is 18.0. The van der Waals surface area contributed by atoms with E-state index in [0.29, 0.717) is 61.0 Å². The number of aliphatic hydroxyl groups is 1. The van der Waals surface area contributed by atoms with Gasteiger partial charge in [-0.2, -0.15) is 5.10 Å². The third-order valence-corrected chi connectivity index (χ3v) is 10.3. The molecule has 274 valence electrons.